The van der Waals surface area contributed by atoms with E-state index in [0.29, 0.717) is 31.9 Å². The van der Waals surface area contributed by atoms with Gasteiger partial charge in [0.15, 0.2) is 0 Å². The van der Waals surface area contributed by atoms with Crippen LogP contribution in [0.5, 0.6) is 0 Å². The molecule has 2 aliphatic rings. The van der Waals surface area contributed by atoms with Crippen molar-refractivity contribution in [2.75, 3.05) is 24.5 Å². The third-order valence-corrected chi connectivity index (χ3v) is 6.51. The van der Waals surface area contributed by atoms with Gasteiger partial charge in [0.1, 0.15) is 11.6 Å². The van der Waals surface area contributed by atoms with Gasteiger partial charge in [0.05, 0.1) is 6.42 Å². The molecule has 1 aromatic carbocycles. The number of aromatic nitrogens is 2. The summed E-state index contributed by atoms with van der Waals surface area (Å²) in [4.78, 5) is 49.4. The van der Waals surface area contributed by atoms with Crippen LogP contribution in [0.4, 0.5) is 5.82 Å². The first-order valence-corrected chi connectivity index (χ1v) is 11.7. The number of nitrogens with zero attached hydrogens (tertiary/aromatic N) is 4. The van der Waals surface area contributed by atoms with Gasteiger partial charge in [-0.05, 0) is 38.2 Å². The molecule has 1 fully saturated rings. The summed E-state index contributed by atoms with van der Waals surface area (Å²) in [7, 11) is 0. The average molecular weight is 450 g/mol. The summed E-state index contributed by atoms with van der Waals surface area (Å²) in [6.07, 6.45) is 4.05. The standard InChI is InChI=1S/C25H31N5O3/c1-17-20-15-23(33)30(14-5-9-18-7-3-2-4-8-18)25(20)28-24(27-17)19-10-6-13-29(16-19)22(32)12-11-21(26)31/h2-4,7-8,19H,5-6,9-16H2,1H3,(H2,26,31)/t19-/m1/s1. The number of amides is 3. The van der Waals surface area contributed by atoms with E-state index in [0.717, 1.165) is 42.8 Å². The predicted molar refractivity (Wildman–Crippen MR) is 125 cm³/mol. The zero-order valence-electron chi connectivity index (χ0n) is 19.1. The third kappa shape index (κ3) is 5.38. The molecular weight excluding hydrogens is 418 g/mol. The first kappa shape index (κ1) is 22.9. The van der Waals surface area contributed by atoms with Crippen LogP contribution in [0.15, 0.2) is 30.3 Å². The molecule has 2 aromatic rings. The Hall–Kier alpha value is -3.29. The van der Waals surface area contributed by atoms with E-state index in [1.807, 2.05) is 25.1 Å². The van der Waals surface area contributed by atoms with E-state index in [1.54, 1.807) is 9.80 Å². The molecule has 0 bridgehead atoms. The normalized spacial score (nSPS) is 17.8. The van der Waals surface area contributed by atoms with Gasteiger partial charge < -0.3 is 10.6 Å². The topological polar surface area (TPSA) is 109 Å². The fourth-order valence-corrected chi connectivity index (χ4v) is 4.70. The Morgan fingerprint density at radius 3 is 2.70 bits per heavy atom. The molecule has 0 unspecified atom stereocenters. The van der Waals surface area contributed by atoms with Crippen molar-refractivity contribution in [3.8, 4) is 0 Å². The molecule has 1 aromatic heterocycles. The molecule has 0 spiro atoms. The van der Waals surface area contributed by atoms with Crippen LogP contribution in [-0.4, -0.2) is 52.2 Å². The van der Waals surface area contributed by atoms with Gasteiger partial charge >= 0.3 is 0 Å². The summed E-state index contributed by atoms with van der Waals surface area (Å²) in [6, 6.07) is 10.3. The number of rotatable bonds is 8. The van der Waals surface area contributed by atoms with Crippen LogP contribution in [0, 0.1) is 6.92 Å². The summed E-state index contributed by atoms with van der Waals surface area (Å²) in [5, 5.41) is 0. The van der Waals surface area contributed by atoms with Gasteiger partial charge in [-0.25, -0.2) is 9.97 Å². The van der Waals surface area contributed by atoms with Gasteiger partial charge in [-0.3, -0.25) is 19.3 Å². The van der Waals surface area contributed by atoms with Gasteiger partial charge in [-0.1, -0.05) is 30.3 Å². The monoisotopic (exact) mass is 449 g/mol. The number of anilines is 1. The molecule has 1 saturated heterocycles. The fraction of sp³-hybridized carbons (Fsp3) is 0.480. The molecule has 3 amide bonds. The number of benzene rings is 1. The van der Waals surface area contributed by atoms with Gasteiger partial charge in [0.2, 0.25) is 17.7 Å². The van der Waals surface area contributed by atoms with E-state index in [1.165, 1.54) is 5.56 Å². The van der Waals surface area contributed by atoms with Crippen LogP contribution >= 0.6 is 0 Å². The van der Waals surface area contributed by atoms with Crippen LogP contribution < -0.4 is 10.6 Å². The lowest BCUT2D eigenvalue weighted by Crippen LogP contribution is -2.40. The highest BCUT2D eigenvalue weighted by atomic mass is 16.2. The van der Waals surface area contributed by atoms with Crippen molar-refractivity contribution in [3.05, 3.63) is 53.0 Å². The highest BCUT2D eigenvalue weighted by Crippen LogP contribution is 2.33. The van der Waals surface area contributed by atoms with E-state index in [9.17, 15) is 14.4 Å². The van der Waals surface area contributed by atoms with Crippen molar-refractivity contribution >= 4 is 23.5 Å². The second-order valence-corrected chi connectivity index (χ2v) is 8.93. The Labute approximate surface area is 194 Å². The number of carbonyl (C=O) groups is 3. The first-order chi connectivity index (χ1) is 15.9. The lowest BCUT2D eigenvalue weighted by molar-refractivity contribution is -0.134. The molecule has 0 radical (unpaired) electrons. The molecule has 0 saturated carbocycles. The van der Waals surface area contributed by atoms with Crippen LogP contribution in [0.3, 0.4) is 0 Å². The van der Waals surface area contributed by atoms with Crippen molar-refractivity contribution in [2.45, 2.75) is 57.8 Å². The van der Waals surface area contributed by atoms with Gasteiger partial charge in [0.25, 0.3) is 0 Å². The molecule has 4 rings (SSSR count). The summed E-state index contributed by atoms with van der Waals surface area (Å²) < 4.78 is 0. The Balaban J connectivity index is 1.46. The molecule has 8 nitrogen and oxygen atoms in total. The fourth-order valence-electron chi connectivity index (χ4n) is 4.70. The molecule has 8 heteroatoms. The number of likely N-dealkylation sites (tertiary alicyclic amines) is 1. The maximum absolute atomic E-state index is 12.7. The molecule has 174 valence electrons. The zero-order valence-corrected chi connectivity index (χ0v) is 19.1. The van der Waals surface area contributed by atoms with Crippen molar-refractivity contribution < 1.29 is 14.4 Å². The minimum Gasteiger partial charge on any atom is -0.370 e. The van der Waals surface area contributed by atoms with Crippen molar-refractivity contribution in [2.24, 2.45) is 5.73 Å². The van der Waals surface area contributed by atoms with Gasteiger partial charge in [0, 0.05) is 49.7 Å². The molecule has 1 atom stereocenters. The summed E-state index contributed by atoms with van der Waals surface area (Å²) in [5.74, 6) is 0.983. The number of hydrogen-bond donors (Lipinski definition) is 1. The van der Waals surface area contributed by atoms with Crippen LogP contribution in [0.1, 0.15) is 60.7 Å². The maximum atomic E-state index is 12.7. The lowest BCUT2D eigenvalue weighted by Gasteiger charge is -2.32. The van der Waals surface area contributed by atoms with E-state index in [-0.39, 0.29) is 30.6 Å². The quantitative estimate of drug-likeness (QED) is 0.665. The number of piperidine rings is 1. The number of aryl methyl sites for hydroxylation is 2. The molecule has 2 N–H and O–H groups in total. The SMILES string of the molecule is Cc1nc([C@@H]2CCCN(C(=O)CCC(N)=O)C2)nc2c1CC(=O)N2CCCc1ccccc1. The minimum atomic E-state index is -0.466. The zero-order chi connectivity index (χ0) is 23.4. The molecule has 3 heterocycles. The van der Waals surface area contributed by atoms with Crippen molar-refractivity contribution in [3.63, 3.8) is 0 Å². The molecule has 2 aliphatic heterocycles. The number of carbonyl (C=O) groups excluding carboxylic acids is 3. The predicted octanol–water partition coefficient (Wildman–Crippen LogP) is 2.28. The molecule has 33 heavy (non-hydrogen) atoms. The maximum Gasteiger partial charge on any atom is 0.232 e. The van der Waals surface area contributed by atoms with E-state index < -0.39 is 5.91 Å². The summed E-state index contributed by atoms with van der Waals surface area (Å²) in [6.45, 7) is 3.75. The smallest absolute Gasteiger partial charge is 0.232 e. The van der Waals surface area contributed by atoms with E-state index >= 15 is 0 Å². The average Bonchev–Trinajstić information content (AvgIpc) is 3.14. The van der Waals surface area contributed by atoms with E-state index in [2.05, 4.69) is 12.1 Å². The number of fused-ring (bicyclic) bond motifs is 1. The van der Waals surface area contributed by atoms with Gasteiger partial charge in [-0.2, -0.15) is 0 Å². The largest absolute Gasteiger partial charge is 0.370 e. The lowest BCUT2D eigenvalue weighted by atomic mass is 9.96. The van der Waals surface area contributed by atoms with Crippen LogP contribution in [0.2, 0.25) is 0 Å². The van der Waals surface area contributed by atoms with Crippen molar-refractivity contribution in [1.82, 2.24) is 14.9 Å². The van der Waals surface area contributed by atoms with E-state index in [4.69, 9.17) is 15.7 Å². The third-order valence-electron chi connectivity index (χ3n) is 6.51. The summed E-state index contributed by atoms with van der Waals surface area (Å²) >= 11 is 0. The minimum absolute atomic E-state index is 0.0159. The highest BCUT2D eigenvalue weighted by molar-refractivity contribution is 6.00. The van der Waals surface area contributed by atoms with Crippen LogP contribution in [0.25, 0.3) is 0 Å². The highest BCUT2D eigenvalue weighted by Gasteiger charge is 2.33. The second-order valence-electron chi connectivity index (χ2n) is 8.93. The first-order valence-electron chi connectivity index (χ1n) is 11.7. The second kappa shape index (κ2) is 10.1. The Morgan fingerprint density at radius 1 is 1.15 bits per heavy atom. The van der Waals surface area contributed by atoms with Gasteiger partial charge in [-0.15, -0.1) is 0 Å². The summed E-state index contributed by atoms with van der Waals surface area (Å²) in [5.41, 5.74) is 8.19. The number of nitrogens with two attached hydrogens (primary N) is 1. The van der Waals surface area contributed by atoms with Crippen LogP contribution in [-0.2, 0) is 27.2 Å². The molecular formula is C25H31N5O3. The number of hydrogen-bond acceptors (Lipinski definition) is 5. The number of primary amides is 1. The Morgan fingerprint density at radius 2 is 1.94 bits per heavy atom. The Bertz CT molecular complexity index is 1040. The van der Waals surface area contributed by atoms with Crippen molar-refractivity contribution in [1.29, 1.82) is 0 Å². The Kier molecular flexibility index (Phi) is 7.01. The molecule has 0 aliphatic carbocycles.